The standard InChI is InChI=1S/C30H34Si4.3C6H6/c1-31(2)23-15-11-9-13-19(23)27-29(31)21-17-26-22(18-25(21)33(27,5)6)30-28(34(26,7)8)20-14-10-12-16-24(20)32(30,3)4;3*1-2-4-6-5-3-1/h9-18H,1-8H3;3*1-6H. The van der Waals surface area contributed by atoms with Crippen molar-refractivity contribution in [1.29, 1.82) is 0 Å². The van der Waals surface area contributed by atoms with Gasteiger partial charge in [0, 0.05) is 0 Å². The molecule has 0 spiro atoms. The lowest BCUT2D eigenvalue weighted by molar-refractivity contribution is 1.63. The third-order valence-electron chi connectivity index (χ3n) is 11.8. The number of fused-ring (bicyclic) bond motifs is 8. The SMILES string of the molecule is C[Si]1(C)C2=C(c3ccccc31)[Si](C)(C)c1cc3c(cc12)[Si](C)(C)C1=C3[Si](C)(C)c2ccccc21.c1ccccc1.c1ccccc1.c1ccccc1. The maximum atomic E-state index is 2.75. The molecule has 0 N–H and O–H groups in total. The Balaban J connectivity index is 0.000000189. The van der Waals surface area contributed by atoms with Crippen molar-refractivity contribution in [1.82, 2.24) is 0 Å². The highest BCUT2D eigenvalue weighted by Gasteiger charge is 2.55. The topological polar surface area (TPSA) is 0 Å². The van der Waals surface area contributed by atoms with E-state index in [0.717, 1.165) is 0 Å². The molecule has 0 saturated heterocycles. The summed E-state index contributed by atoms with van der Waals surface area (Å²) in [5, 5.41) is 13.9. The highest BCUT2D eigenvalue weighted by molar-refractivity contribution is 7.22. The molecule has 6 aromatic carbocycles. The van der Waals surface area contributed by atoms with Gasteiger partial charge in [0.25, 0.3) is 0 Å². The fourth-order valence-electron chi connectivity index (χ4n) is 9.37. The van der Waals surface area contributed by atoms with Crippen LogP contribution in [0, 0.1) is 0 Å². The number of hydrogen-bond acceptors (Lipinski definition) is 0. The van der Waals surface area contributed by atoms with Crippen molar-refractivity contribution in [3.63, 3.8) is 0 Å². The molecule has 0 atom stereocenters. The van der Waals surface area contributed by atoms with E-state index in [4.69, 9.17) is 0 Å². The second kappa shape index (κ2) is 13.9. The van der Waals surface area contributed by atoms with Crippen LogP contribution in [0.25, 0.3) is 20.8 Å². The summed E-state index contributed by atoms with van der Waals surface area (Å²) in [6.45, 7) is 20.9. The second-order valence-corrected chi connectivity index (χ2v) is 33.7. The van der Waals surface area contributed by atoms with Gasteiger partial charge < -0.3 is 0 Å². The summed E-state index contributed by atoms with van der Waals surface area (Å²) < 4.78 is 0. The maximum Gasteiger partial charge on any atom is 0.113 e. The molecule has 0 saturated carbocycles. The van der Waals surface area contributed by atoms with Crippen LogP contribution in [0.5, 0.6) is 0 Å². The van der Waals surface area contributed by atoms with Crippen LogP contribution in [0.4, 0.5) is 0 Å². The van der Waals surface area contributed by atoms with Crippen molar-refractivity contribution in [2.45, 2.75) is 52.4 Å². The molecule has 0 nitrogen and oxygen atoms in total. The van der Waals surface area contributed by atoms with Gasteiger partial charge in [-0.1, -0.05) is 222 Å². The van der Waals surface area contributed by atoms with E-state index in [2.05, 4.69) is 113 Å². The van der Waals surface area contributed by atoms with Crippen LogP contribution in [0.2, 0.25) is 52.4 Å². The van der Waals surface area contributed by atoms with Gasteiger partial charge in [-0.3, -0.25) is 0 Å². The van der Waals surface area contributed by atoms with Gasteiger partial charge in [0.05, 0.1) is 0 Å². The van der Waals surface area contributed by atoms with E-state index in [1.807, 2.05) is 109 Å². The Morgan fingerprint density at radius 1 is 0.231 bits per heavy atom. The van der Waals surface area contributed by atoms with Gasteiger partial charge in [-0.2, -0.15) is 0 Å². The van der Waals surface area contributed by atoms with Crippen LogP contribution in [-0.2, 0) is 0 Å². The molecule has 4 aliphatic rings. The van der Waals surface area contributed by atoms with Gasteiger partial charge >= 0.3 is 0 Å². The fourth-order valence-corrected chi connectivity index (χ4v) is 26.8. The minimum atomic E-state index is -1.77. The minimum absolute atomic E-state index is 1.60. The van der Waals surface area contributed by atoms with E-state index >= 15 is 0 Å². The van der Waals surface area contributed by atoms with E-state index in [-0.39, 0.29) is 0 Å². The van der Waals surface area contributed by atoms with Crippen LogP contribution < -0.4 is 20.7 Å². The average Bonchev–Trinajstić information content (AvgIpc) is 3.76. The fraction of sp³-hybridized carbons (Fsp3) is 0.167. The van der Waals surface area contributed by atoms with Crippen molar-refractivity contribution >= 4 is 73.8 Å². The van der Waals surface area contributed by atoms with Crippen molar-refractivity contribution in [3.8, 4) is 0 Å². The Bertz CT molecular complexity index is 2010. The summed E-state index contributed by atoms with van der Waals surface area (Å²) in [5.41, 5.74) is 6.52. The zero-order valence-electron chi connectivity index (χ0n) is 32.2. The molecule has 0 radical (unpaired) electrons. The first kappa shape index (κ1) is 36.0. The van der Waals surface area contributed by atoms with Crippen LogP contribution >= 0.6 is 0 Å². The summed E-state index contributed by atoms with van der Waals surface area (Å²) in [6, 6.07) is 60.3. The molecule has 0 aromatic heterocycles. The first-order valence-corrected chi connectivity index (χ1v) is 30.8. The highest BCUT2D eigenvalue weighted by Crippen LogP contribution is 2.52. The average molecular weight is 741 g/mol. The smallest absolute Gasteiger partial charge is 0.0623 e. The normalized spacial score (nSPS) is 17.7. The number of hydrogen-bond donors (Lipinski definition) is 0. The van der Waals surface area contributed by atoms with Crippen molar-refractivity contribution in [3.05, 3.63) is 192 Å². The van der Waals surface area contributed by atoms with Crippen molar-refractivity contribution in [2.75, 3.05) is 0 Å². The molecule has 0 fully saturated rings. The predicted molar refractivity (Wildman–Crippen MR) is 241 cm³/mol. The van der Waals surface area contributed by atoms with Gasteiger partial charge in [-0.25, -0.2) is 0 Å². The minimum Gasteiger partial charge on any atom is -0.0623 e. The van der Waals surface area contributed by atoms with E-state index in [0.29, 0.717) is 0 Å². The Labute approximate surface area is 316 Å². The summed E-state index contributed by atoms with van der Waals surface area (Å²) in [4.78, 5) is 0. The Kier molecular flexibility index (Phi) is 9.64. The van der Waals surface area contributed by atoms with Crippen LogP contribution in [0.15, 0.2) is 170 Å². The largest absolute Gasteiger partial charge is 0.113 e. The molecule has 4 heteroatoms. The molecule has 10 rings (SSSR count). The van der Waals surface area contributed by atoms with Crippen LogP contribution in [-0.4, -0.2) is 32.3 Å². The lowest BCUT2D eigenvalue weighted by Gasteiger charge is -2.30. The van der Waals surface area contributed by atoms with Gasteiger partial charge in [0.15, 0.2) is 0 Å². The van der Waals surface area contributed by atoms with Gasteiger partial charge in [0.2, 0.25) is 0 Å². The maximum absolute atomic E-state index is 2.75. The molecular formula is C48H52Si4. The van der Waals surface area contributed by atoms with Crippen molar-refractivity contribution in [2.24, 2.45) is 0 Å². The zero-order valence-corrected chi connectivity index (χ0v) is 36.2. The lowest BCUT2D eigenvalue weighted by Crippen LogP contribution is -2.49. The molecule has 52 heavy (non-hydrogen) atoms. The monoisotopic (exact) mass is 740 g/mol. The summed E-state index contributed by atoms with van der Waals surface area (Å²) in [7, 11) is -6.93. The highest BCUT2D eigenvalue weighted by atomic mass is 28.3. The molecule has 0 amide bonds. The molecule has 4 heterocycles. The Morgan fingerprint density at radius 2 is 0.442 bits per heavy atom. The Morgan fingerprint density at radius 3 is 0.712 bits per heavy atom. The van der Waals surface area contributed by atoms with Gasteiger partial charge in [-0.15, -0.1) is 0 Å². The third-order valence-corrected chi connectivity index (χ3v) is 26.4. The molecule has 260 valence electrons. The van der Waals surface area contributed by atoms with E-state index in [1.54, 1.807) is 63.8 Å². The first-order chi connectivity index (χ1) is 24.9. The van der Waals surface area contributed by atoms with E-state index in [9.17, 15) is 0 Å². The van der Waals surface area contributed by atoms with Crippen LogP contribution in [0.3, 0.4) is 0 Å². The molecular weight excluding hydrogens is 689 g/mol. The van der Waals surface area contributed by atoms with E-state index < -0.39 is 32.3 Å². The summed E-state index contributed by atoms with van der Waals surface area (Å²) in [5.74, 6) is 0. The van der Waals surface area contributed by atoms with Crippen LogP contribution in [0.1, 0.15) is 22.3 Å². The van der Waals surface area contributed by atoms with Gasteiger partial charge in [-0.05, 0) is 63.8 Å². The Hall–Kier alpha value is -4.33. The molecule has 6 aromatic rings. The zero-order chi connectivity index (χ0) is 36.7. The molecule has 0 bridgehead atoms. The predicted octanol–water partition coefficient (Wildman–Crippen LogP) is 10.4. The molecule has 0 unspecified atom stereocenters. The summed E-state index contributed by atoms with van der Waals surface area (Å²) in [6.07, 6.45) is 0. The number of rotatable bonds is 0. The third kappa shape index (κ3) is 5.96. The van der Waals surface area contributed by atoms with Gasteiger partial charge in [0.1, 0.15) is 32.3 Å². The quantitative estimate of drug-likeness (QED) is 0.136. The second-order valence-electron chi connectivity index (χ2n) is 16.5. The summed E-state index contributed by atoms with van der Waals surface area (Å²) >= 11 is 0. The lowest BCUT2D eigenvalue weighted by atomic mass is 10.1. The van der Waals surface area contributed by atoms with Crippen molar-refractivity contribution < 1.29 is 0 Å². The first-order valence-electron chi connectivity index (χ1n) is 18.8. The number of benzene rings is 6. The molecule has 0 aliphatic carbocycles. The molecule has 4 aliphatic heterocycles. The van der Waals surface area contributed by atoms with E-state index in [1.165, 1.54) is 0 Å².